The highest BCUT2D eigenvalue weighted by Gasteiger charge is 2.12. The number of carbonyl (C=O) groups excluding carboxylic acids is 4. The van der Waals surface area contributed by atoms with Gasteiger partial charge in [0.2, 0.25) is 0 Å². The summed E-state index contributed by atoms with van der Waals surface area (Å²) in [4.78, 5) is 49.3. The van der Waals surface area contributed by atoms with Crippen molar-refractivity contribution < 1.29 is 29.0 Å². The van der Waals surface area contributed by atoms with E-state index in [2.05, 4.69) is 21.7 Å². The second kappa shape index (κ2) is 12.7. The number of hydrogen-bond acceptors (Lipinski definition) is 6. The van der Waals surface area contributed by atoms with Crippen molar-refractivity contribution in [2.45, 2.75) is 6.92 Å². The van der Waals surface area contributed by atoms with Crippen molar-refractivity contribution in [3.8, 4) is 22.6 Å². The molecular formula is C30H26N4O6. The average molecular weight is 539 g/mol. The number of ether oxygens (including phenoxy) is 1. The standard InChI is InChI=1S/C30H26N4O6/c1-2-40-26-17-13-24(14-18-26)30(39)34-32-28(37)22-9-5-20(6-10-22)19-3-7-21(8-4-19)27(36)31-33-29(38)23-11-15-25(35)16-12-23/h3-18,35H,2H2,1H3,(H,31,36)(H,32,37)(H,33,38)(H,34,39). The van der Waals surface area contributed by atoms with Gasteiger partial charge in [0.25, 0.3) is 23.6 Å². The van der Waals surface area contributed by atoms with Crippen LogP contribution in [0.5, 0.6) is 11.5 Å². The largest absolute Gasteiger partial charge is 0.508 e. The smallest absolute Gasteiger partial charge is 0.269 e. The highest BCUT2D eigenvalue weighted by Crippen LogP contribution is 2.20. The molecule has 0 saturated heterocycles. The zero-order valence-corrected chi connectivity index (χ0v) is 21.4. The quantitative estimate of drug-likeness (QED) is 0.227. The SMILES string of the molecule is CCOc1ccc(C(=O)NNC(=O)c2ccc(-c3ccc(C(=O)NNC(=O)c4ccc(O)cc4)cc3)cc2)cc1. The number of rotatable bonds is 7. The highest BCUT2D eigenvalue weighted by molar-refractivity contribution is 6.00. The van der Waals surface area contributed by atoms with Crippen molar-refractivity contribution in [2.24, 2.45) is 0 Å². The van der Waals surface area contributed by atoms with Gasteiger partial charge < -0.3 is 9.84 Å². The second-order valence-corrected chi connectivity index (χ2v) is 8.48. The van der Waals surface area contributed by atoms with Gasteiger partial charge in [0.05, 0.1) is 6.61 Å². The second-order valence-electron chi connectivity index (χ2n) is 8.48. The molecule has 0 fully saturated rings. The molecule has 0 unspecified atom stereocenters. The lowest BCUT2D eigenvalue weighted by molar-refractivity contribution is 0.0846. The number of hydrazine groups is 2. The van der Waals surface area contributed by atoms with Gasteiger partial charge in [0.15, 0.2) is 0 Å². The molecular weight excluding hydrogens is 512 g/mol. The average Bonchev–Trinajstić information content (AvgIpc) is 2.99. The van der Waals surface area contributed by atoms with Gasteiger partial charge in [-0.1, -0.05) is 24.3 Å². The third-order valence-corrected chi connectivity index (χ3v) is 5.76. The van der Waals surface area contributed by atoms with E-state index < -0.39 is 23.6 Å². The van der Waals surface area contributed by atoms with Gasteiger partial charge in [-0.05, 0) is 90.8 Å². The summed E-state index contributed by atoms with van der Waals surface area (Å²) in [6.45, 7) is 2.39. The van der Waals surface area contributed by atoms with Crippen LogP contribution in [-0.4, -0.2) is 35.3 Å². The minimum Gasteiger partial charge on any atom is -0.508 e. The molecule has 4 amide bonds. The number of amides is 4. The molecule has 0 aliphatic rings. The predicted octanol–water partition coefficient (Wildman–Crippen LogP) is 3.61. The highest BCUT2D eigenvalue weighted by atomic mass is 16.5. The number of carbonyl (C=O) groups is 4. The molecule has 202 valence electrons. The molecule has 0 aliphatic heterocycles. The molecule has 0 radical (unpaired) electrons. The Labute approximate surface area is 229 Å². The number of hydrogen-bond donors (Lipinski definition) is 5. The van der Waals surface area contributed by atoms with Crippen molar-refractivity contribution >= 4 is 23.6 Å². The predicted molar refractivity (Wildman–Crippen MR) is 147 cm³/mol. The minimum absolute atomic E-state index is 0.0307. The Morgan fingerprint density at radius 1 is 0.525 bits per heavy atom. The minimum atomic E-state index is -0.523. The van der Waals surface area contributed by atoms with Gasteiger partial charge in [-0.3, -0.25) is 40.9 Å². The van der Waals surface area contributed by atoms with Gasteiger partial charge in [-0.2, -0.15) is 0 Å². The van der Waals surface area contributed by atoms with Crippen molar-refractivity contribution in [3.63, 3.8) is 0 Å². The molecule has 0 bridgehead atoms. The third-order valence-electron chi connectivity index (χ3n) is 5.76. The lowest BCUT2D eigenvalue weighted by atomic mass is 10.0. The van der Waals surface area contributed by atoms with Crippen molar-refractivity contribution in [1.82, 2.24) is 21.7 Å². The first kappa shape index (κ1) is 27.4. The van der Waals surface area contributed by atoms with E-state index in [0.29, 0.717) is 29.0 Å². The number of nitrogens with one attached hydrogen (secondary N) is 4. The molecule has 40 heavy (non-hydrogen) atoms. The van der Waals surface area contributed by atoms with Gasteiger partial charge in [-0.25, -0.2) is 0 Å². The van der Waals surface area contributed by atoms with Crippen LogP contribution < -0.4 is 26.4 Å². The summed E-state index contributed by atoms with van der Waals surface area (Å²) < 4.78 is 5.35. The molecule has 4 aromatic rings. The van der Waals surface area contributed by atoms with Crippen LogP contribution in [0.4, 0.5) is 0 Å². The summed E-state index contributed by atoms with van der Waals surface area (Å²) >= 11 is 0. The third kappa shape index (κ3) is 7.01. The Bertz CT molecular complexity index is 1500. The van der Waals surface area contributed by atoms with Crippen molar-refractivity contribution in [1.29, 1.82) is 0 Å². The fourth-order valence-corrected chi connectivity index (χ4v) is 3.63. The van der Waals surface area contributed by atoms with Crippen LogP contribution in [-0.2, 0) is 0 Å². The lowest BCUT2D eigenvalue weighted by Gasteiger charge is -2.10. The van der Waals surface area contributed by atoms with E-state index in [4.69, 9.17) is 4.74 Å². The van der Waals surface area contributed by atoms with E-state index in [1.165, 1.54) is 24.3 Å². The molecule has 0 aliphatic carbocycles. The van der Waals surface area contributed by atoms with Crippen LogP contribution in [0, 0.1) is 0 Å². The van der Waals surface area contributed by atoms with Crippen LogP contribution >= 0.6 is 0 Å². The van der Waals surface area contributed by atoms with Crippen molar-refractivity contribution in [2.75, 3.05) is 6.61 Å². The maximum atomic E-state index is 12.5. The molecule has 4 aromatic carbocycles. The van der Waals surface area contributed by atoms with E-state index in [1.54, 1.807) is 72.8 Å². The number of phenolic OH excluding ortho intramolecular Hbond substituents is 1. The zero-order chi connectivity index (χ0) is 28.5. The van der Waals surface area contributed by atoms with E-state index in [9.17, 15) is 24.3 Å². The molecule has 0 heterocycles. The van der Waals surface area contributed by atoms with Gasteiger partial charge in [-0.15, -0.1) is 0 Å². The van der Waals surface area contributed by atoms with Crippen LogP contribution in [0.25, 0.3) is 11.1 Å². The monoisotopic (exact) mass is 538 g/mol. The van der Waals surface area contributed by atoms with Crippen LogP contribution in [0.15, 0.2) is 97.1 Å². The summed E-state index contributed by atoms with van der Waals surface area (Å²) in [6.07, 6.45) is 0. The number of phenols is 1. The number of aromatic hydroxyl groups is 1. The molecule has 10 heteroatoms. The van der Waals surface area contributed by atoms with Gasteiger partial charge in [0.1, 0.15) is 11.5 Å². The van der Waals surface area contributed by atoms with Crippen LogP contribution in [0.1, 0.15) is 48.4 Å². The maximum Gasteiger partial charge on any atom is 0.269 e. The van der Waals surface area contributed by atoms with E-state index in [-0.39, 0.29) is 11.3 Å². The first-order chi connectivity index (χ1) is 19.3. The van der Waals surface area contributed by atoms with Crippen LogP contribution in [0.3, 0.4) is 0 Å². The van der Waals surface area contributed by atoms with Crippen molar-refractivity contribution in [3.05, 3.63) is 119 Å². The molecule has 10 nitrogen and oxygen atoms in total. The Balaban J connectivity index is 1.28. The maximum absolute atomic E-state index is 12.5. The van der Waals surface area contributed by atoms with Gasteiger partial charge >= 0.3 is 0 Å². The molecule has 5 N–H and O–H groups in total. The summed E-state index contributed by atoms with van der Waals surface area (Å²) in [5.74, 6) is -1.29. The fourth-order valence-electron chi connectivity index (χ4n) is 3.63. The molecule has 0 aromatic heterocycles. The summed E-state index contributed by atoms with van der Waals surface area (Å²) in [7, 11) is 0. The Hall–Kier alpha value is -5.64. The van der Waals surface area contributed by atoms with Crippen LogP contribution in [0.2, 0.25) is 0 Å². The lowest BCUT2D eigenvalue weighted by Crippen LogP contribution is -2.41. The van der Waals surface area contributed by atoms with E-state index in [0.717, 1.165) is 11.1 Å². The topological polar surface area (TPSA) is 146 Å². The molecule has 0 atom stereocenters. The first-order valence-electron chi connectivity index (χ1n) is 12.3. The Morgan fingerprint density at radius 3 is 1.15 bits per heavy atom. The normalized spacial score (nSPS) is 10.2. The fraction of sp³-hybridized carbons (Fsp3) is 0.0667. The van der Waals surface area contributed by atoms with E-state index >= 15 is 0 Å². The molecule has 0 saturated carbocycles. The Kier molecular flexibility index (Phi) is 8.73. The number of benzene rings is 4. The zero-order valence-electron chi connectivity index (χ0n) is 21.4. The molecule has 0 spiro atoms. The molecule has 4 rings (SSSR count). The summed E-state index contributed by atoms with van der Waals surface area (Å²) in [5.41, 5.74) is 12.4. The van der Waals surface area contributed by atoms with Gasteiger partial charge in [0, 0.05) is 22.3 Å². The first-order valence-corrected chi connectivity index (χ1v) is 12.3. The summed E-state index contributed by atoms with van der Waals surface area (Å²) in [5, 5.41) is 9.31. The van der Waals surface area contributed by atoms with E-state index in [1.807, 2.05) is 6.92 Å². The Morgan fingerprint density at radius 2 is 0.825 bits per heavy atom. The summed E-state index contributed by atoms with van der Waals surface area (Å²) in [6, 6.07) is 25.6.